The first-order chi connectivity index (χ1) is 13.5. The van der Waals surface area contributed by atoms with Gasteiger partial charge in [0.05, 0.1) is 43.2 Å². The molecule has 1 N–H and O–H groups in total. The second kappa shape index (κ2) is 9.03. The fourth-order valence-electron chi connectivity index (χ4n) is 3.11. The molecule has 2 atom stereocenters. The zero-order chi connectivity index (χ0) is 20.3. The molecule has 0 saturated carbocycles. The lowest BCUT2D eigenvalue weighted by Crippen LogP contribution is -2.25. The van der Waals surface area contributed by atoms with Crippen molar-refractivity contribution in [3.05, 3.63) is 52.5 Å². The minimum absolute atomic E-state index is 0.164. The number of esters is 1. The van der Waals surface area contributed by atoms with Crippen LogP contribution in [-0.2, 0) is 9.53 Å². The number of carbonyl (C=O) groups is 1. The summed E-state index contributed by atoms with van der Waals surface area (Å²) in [5.74, 6) is 0.952. The number of hydrogen-bond acceptors (Lipinski definition) is 6. The van der Waals surface area contributed by atoms with E-state index in [0.717, 1.165) is 16.8 Å². The first kappa shape index (κ1) is 20.8. The summed E-state index contributed by atoms with van der Waals surface area (Å²) in [7, 11) is 4.58. The van der Waals surface area contributed by atoms with E-state index in [1.54, 1.807) is 32.0 Å². The van der Waals surface area contributed by atoms with Gasteiger partial charge in [0.15, 0.2) is 11.5 Å². The summed E-state index contributed by atoms with van der Waals surface area (Å²) in [6.07, 6.45) is 0.164. The molecule has 0 amide bonds. The number of rotatable bonds is 5. The molecule has 0 aromatic heterocycles. The SMILES string of the molecule is COC(=O)C[C@@H]1S[C@@H](c2cccc(OC)c2OC)c2cc(Cl)ccc2NC1=S. The van der Waals surface area contributed by atoms with E-state index in [4.69, 9.17) is 38.0 Å². The summed E-state index contributed by atoms with van der Waals surface area (Å²) in [6, 6.07) is 11.3. The molecular weight excluding hydrogens is 418 g/mol. The van der Waals surface area contributed by atoms with Gasteiger partial charge in [0.2, 0.25) is 0 Å². The smallest absolute Gasteiger partial charge is 0.307 e. The average molecular weight is 438 g/mol. The van der Waals surface area contributed by atoms with E-state index < -0.39 is 0 Å². The molecule has 2 aromatic rings. The van der Waals surface area contributed by atoms with E-state index in [2.05, 4.69) is 5.32 Å². The van der Waals surface area contributed by atoms with Gasteiger partial charge in [-0.1, -0.05) is 36.0 Å². The molecule has 2 aromatic carbocycles. The summed E-state index contributed by atoms with van der Waals surface area (Å²) < 4.78 is 16.0. The summed E-state index contributed by atoms with van der Waals surface area (Å²) in [6.45, 7) is 0. The van der Waals surface area contributed by atoms with Crippen LogP contribution in [-0.4, -0.2) is 37.5 Å². The lowest BCUT2D eigenvalue weighted by atomic mass is 10.0. The number of ether oxygens (including phenoxy) is 3. The number of carbonyl (C=O) groups excluding carboxylic acids is 1. The number of nitrogens with one attached hydrogen (secondary N) is 1. The van der Waals surface area contributed by atoms with Crippen LogP contribution in [0.2, 0.25) is 5.02 Å². The first-order valence-corrected chi connectivity index (χ1v) is 10.2. The third-order valence-electron chi connectivity index (χ3n) is 4.44. The van der Waals surface area contributed by atoms with Crippen LogP contribution in [0.25, 0.3) is 0 Å². The van der Waals surface area contributed by atoms with Crippen molar-refractivity contribution in [2.45, 2.75) is 16.9 Å². The highest BCUT2D eigenvalue weighted by atomic mass is 35.5. The number of thioether (sulfide) groups is 1. The van der Waals surface area contributed by atoms with Crippen LogP contribution >= 0.6 is 35.6 Å². The number of fused-ring (bicyclic) bond motifs is 1. The Labute approximate surface area is 178 Å². The van der Waals surface area contributed by atoms with Crippen molar-refractivity contribution in [3.8, 4) is 11.5 Å². The Bertz CT molecular complexity index is 906. The predicted molar refractivity (Wildman–Crippen MR) is 117 cm³/mol. The fraction of sp³-hybridized carbons (Fsp3) is 0.300. The van der Waals surface area contributed by atoms with Crippen molar-refractivity contribution in [2.75, 3.05) is 26.6 Å². The molecule has 0 bridgehead atoms. The zero-order valence-corrected chi connectivity index (χ0v) is 18.0. The van der Waals surface area contributed by atoms with E-state index in [-0.39, 0.29) is 22.9 Å². The number of thiocarbonyl (C=S) groups is 1. The van der Waals surface area contributed by atoms with E-state index >= 15 is 0 Å². The highest BCUT2D eigenvalue weighted by molar-refractivity contribution is 8.02. The van der Waals surface area contributed by atoms with Crippen molar-refractivity contribution >= 4 is 52.2 Å². The average Bonchev–Trinajstić information content (AvgIpc) is 2.83. The van der Waals surface area contributed by atoms with E-state index in [1.165, 1.54) is 7.11 Å². The highest BCUT2D eigenvalue weighted by Crippen LogP contribution is 2.50. The molecule has 0 spiro atoms. The van der Waals surface area contributed by atoms with Crippen molar-refractivity contribution in [1.29, 1.82) is 0 Å². The molecule has 0 saturated heterocycles. The molecular formula is C20H20ClNO4S2. The molecule has 1 aliphatic heterocycles. The highest BCUT2D eigenvalue weighted by Gasteiger charge is 2.33. The van der Waals surface area contributed by atoms with Gasteiger partial charge in [-0.05, 0) is 29.8 Å². The topological polar surface area (TPSA) is 56.8 Å². The van der Waals surface area contributed by atoms with Crippen LogP contribution in [0.1, 0.15) is 22.8 Å². The molecule has 0 unspecified atom stereocenters. The molecule has 148 valence electrons. The van der Waals surface area contributed by atoms with Crippen LogP contribution in [0, 0.1) is 0 Å². The Hall–Kier alpha value is -1.96. The molecule has 3 rings (SSSR count). The third-order valence-corrected chi connectivity index (χ3v) is 6.72. The van der Waals surface area contributed by atoms with Gasteiger partial charge in [-0.25, -0.2) is 0 Å². The monoisotopic (exact) mass is 437 g/mol. The maximum absolute atomic E-state index is 11.9. The van der Waals surface area contributed by atoms with Crippen molar-refractivity contribution in [3.63, 3.8) is 0 Å². The van der Waals surface area contributed by atoms with Crippen molar-refractivity contribution < 1.29 is 19.0 Å². The van der Waals surface area contributed by atoms with E-state index in [0.29, 0.717) is 21.5 Å². The molecule has 0 radical (unpaired) electrons. The number of para-hydroxylation sites is 1. The fourth-order valence-corrected chi connectivity index (χ4v) is 5.07. The number of benzene rings is 2. The van der Waals surface area contributed by atoms with Crippen LogP contribution < -0.4 is 14.8 Å². The van der Waals surface area contributed by atoms with Crippen molar-refractivity contribution in [1.82, 2.24) is 0 Å². The van der Waals surface area contributed by atoms with E-state index in [1.807, 2.05) is 30.3 Å². The Balaban J connectivity index is 2.15. The Morgan fingerprint density at radius 3 is 2.64 bits per heavy atom. The van der Waals surface area contributed by atoms with Gasteiger partial charge in [-0.15, -0.1) is 11.8 Å². The van der Waals surface area contributed by atoms with Gasteiger partial charge in [0.25, 0.3) is 0 Å². The molecule has 8 heteroatoms. The quantitative estimate of drug-likeness (QED) is 0.529. The summed E-state index contributed by atoms with van der Waals surface area (Å²) in [4.78, 5) is 12.5. The molecule has 1 aliphatic rings. The second-order valence-electron chi connectivity index (χ2n) is 6.09. The van der Waals surface area contributed by atoms with Gasteiger partial charge in [0.1, 0.15) is 0 Å². The van der Waals surface area contributed by atoms with Crippen molar-refractivity contribution in [2.24, 2.45) is 0 Å². The van der Waals surface area contributed by atoms with Crippen LogP contribution in [0.3, 0.4) is 0 Å². The molecule has 28 heavy (non-hydrogen) atoms. The van der Waals surface area contributed by atoms with Gasteiger partial charge in [0, 0.05) is 16.3 Å². The number of halogens is 1. The molecule has 1 heterocycles. The second-order valence-corrected chi connectivity index (χ2v) is 8.28. The summed E-state index contributed by atoms with van der Waals surface area (Å²) in [5, 5.41) is 3.43. The first-order valence-electron chi connectivity index (χ1n) is 8.52. The lowest BCUT2D eigenvalue weighted by molar-refractivity contribution is -0.140. The van der Waals surface area contributed by atoms with Gasteiger partial charge in [-0.3, -0.25) is 4.79 Å². The van der Waals surface area contributed by atoms with E-state index in [9.17, 15) is 4.79 Å². The maximum Gasteiger partial charge on any atom is 0.307 e. The lowest BCUT2D eigenvalue weighted by Gasteiger charge is -2.23. The van der Waals surface area contributed by atoms with Gasteiger partial charge >= 0.3 is 5.97 Å². The third kappa shape index (κ3) is 4.21. The Kier molecular flexibility index (Phi) is 6.69. The minimum Gasteiger partial charge on any atom is -0.493 e. The Morgan fingerprint density at radius 1 is 1.18 bits per heavy atom. The van der Waals surface area contributed by atoms with Crippen LogP contribution in [0.4, 0.5) is 5.69 Å². The molecule has 0 aliphatic carbocycles. The Morgan fingerprint density at radius 2 is 1.96 bits per heavy atom. The molecule has 0 fully saturated rings. The van der Waals surface area contributed by atoms with Gasteiger partial charge < -0.3 is 19.5 Å². The van der Waals surface area contributed by atoms with Crippen LogP contribution in [0.15, 0.2) is 36.4 Å². The summed E-state index contributed by atoms with van der Waals surface area (Å²) >= 11 is 13.4. The zero-order valence-electron chi connectivity index (χ0n) is 15.7. The normalized spacial score (nSPS) is 18.5. The molecule has 5 nitrogen and oxygen atoms in total. The van der Waals surface area contributed by atoms with Gasteiger partial charge in [-0.2, -0.15) is 0 Å². The summed E-state index contributed by atoms with van der Waals surface area (Å²) in [5.41, 5.74) is 2.72. The maximum atomic E-state index is 11.9. The predicted octanol–water partition coefficient (Wildman–Crippen LogP) is 4.86. The largest absolute Gasteiger partial charge is 0.493 e. The number of methoxy groups -OCH3 is 3. The number of hydrogen-bond donors (Lipinski definition) is 1. The standard InChI is InChI=1S/C20H20ClNO4S2/c1-24-15-6-4-5-12(18(15)26-3)19-13-9-11(21)7-8-14(13)22-20(27)16(28-19)10-17(23)25-2/h4-9,16,19H,10H2,1-3H3,(H,22,27)/t16-,19-/m0/s1. The van der Waals surface area contributed by atoms with Crippen LogP contribution in [0.5, 0.6) is 11.5 Å². The minimum atomic E-state index is -0.318. The number of anilines is 1.